The van der Waals surface area contributed by atoms with Gasteiger partial charge in [0.2, 0.25) is 15.9 Å². The Morgan fingerprint density at radius 1 is 1.19 bits per heavy atom. The zero-order valence-electron chi connectivity index (χ0n) is 14.9. The second-order valence-electron chi connectivity index (χ2n) is 6.33. The van der Waals surface area contributed by atoms with Crippen molar-refractivity contribution in [3.63, 3.8) is 0 Å². The van der Waals surface area contributed by atoms with Gasteiger partial charge in [0, 0.05) is 17.6 Å². The van der Waals surface area contributed by atoms with E-state index in [0.717, 1.165) is 22.9 Å². The number of nitrogens with zero attached hydrogens (tertiary/aromatic N) is 1. The van der Waals surface area contributed by atoms with Crippen LogP contribution < -0.4 is 10.1 Å². The lowest BCUT2D eigenvalue weighted by molar-refractivity contribution is -0.115. The van der Waals surface area contributed by atoms with E-state index in [9.17, 15) is 13.2 Å². The molecule has 0 aliphatic carbocycles. The maximum absolute atomic E-state index is 12.8. The maximum atomic E-state index is 12.8. The maximum Gasteiger partial charge on any atom is 0.243 e. The molecule has 8 heteroatoms. The average molecular weight is 453 g/mol. The molecule has 1 N–H and O–H groups in total. The van der Waals surface area contributed by atoms with Crippen molar-refractivity contribution >= 4 is 37.5 Å². The van der Waals surface area contributed by atoms with Crippen LogP contribution in [0, 0.1) is 0 Å². The molecule has 0 atom stereocenters. The minimum atomic E-state index is -3.57. The Kier molecular flexibility index (Phi) is 6.18. The normalized spacial score (nSPS) is 14.9. The predicted octanol–water partition coefficient (Wildman–Crippen LogP) is 3.42. The number of hydrogen-bond donors (Lipinski definition) is 1. The highest BCUT2D eigenvalue weighted by Gasteiger charge is 2.28. The number of halogens is 1. The Morgan fingerprint density at radius 2 is 1.93 bits per heavy atom. The molecule has 144 valence electrons. The zero-order chi connectivity index (χ0) is 19.4. The number of carbonyl (C=O) groups excluding carboxylic acids is 1. The molecule has 0 spiro atoms. The van der Waals surface area contributed by atoms with Crippen molar-refractivity contribution < 1.29 is 17.9 Å². The van der Waals surface area contributed by atoms with Gasteiger partial charge >= 0.3 is 0 Å². The van der Waals surface area contributed by atoms with Crippen LogP contribution >= 0.6 is 15.9 Å². The summed E-state index contributed by atoms with van der Waals surface area (Å²) in [6, 6.07) is 12.0. The number of anilines is 1. The summed E-state index contributed by atoms with van der Waals surface area (Å²) in [5, 5.41) is 2.77. The van der Waals surface area contributed by atoms with Gasteiger partial charge in [-0.1, -0.05) is 28.1 Å². The number of sulfonamides is 1. The van der Waals surface area contributed by atoms with Crippen LogP contribution in [-0.4, -0.2) is 38.8 Å². The molecule has 1 amide bonds. The van der Waals surface area contributed by atoms with E-state index >= 15 is 0 Å². The largest absolute Gasteiger partial charge is 0.495 e. The molecule has 27 heavy (non-hydrogen) atoms. The molecule has 1 aliphatic rings. The van der Waals surface area contributed by atoms with Gasteiger partial charge in [-0.25, -0.2) is 8.42 Å². The lowest BCUT2D eigenvalue weighted by Gasteiger charge is -2.17. The second kappa shape index (κ2) is 8.41. The van der Waals surface area contributed by atoms with E-state index in [1.54, 1.807) is 6.07 Å². The Bertz CT molecular complexity index is 940. The highest BCUT2D eigenvalue weighted by atomic mass is 79.9. The van der Waals surface area contributed by atoms with E-state index in [1.807, 2.05) is 24.3 Å². The van der Waals surface area contributed by atoms with E-state index < -0.39 is 10.0 Å². The lowest BCUT2D eigenvalue weighted by atomic mass is 10.1. The predicted molar refractivity (Wildman–Crippen MR) is 107 cm³/mol. The highest BCUT2D eigenvalue weighted by Crippen LogP contribution is 2.30. The molecule has 0 radical (unpaired) electrons. The third-order valence-electron chi connectivity index (χ3n) is 4.40. The molecule has 0 saturated carbocycles. The summed E-state index contributed by atoms with van der Waals surface area (Å²) < 4.78 is 33.2. The number of rotatable bonds is 6. The highest BCUT2D eigenvalue weighted by molar-refractivity contribution is 9.10. The van der Waals surface area contributed by atoms with Gasteiger partial charge in [-0.3, -0.25) is 4.79 Å². The van der Waals surface area contributed by atoms with E-state index in [2.05, 4.69) is 21.2 Å². The first kappa shape index (κ1) is 19.9. The van der Waals surface area contributed by atoms with Crippen molar-refractivity contribution in [2.75, 3.05) is 25.5 Å². The van der Waals surface area contributed by atoms with E-state index in [1.165, 1.54) is 23.5 Å². The van der Waals surface area contributed by atoms with Crippen LogP contribution in [0.4, 0.5) is 5.69 Å². The monoisotopic (exact) mass is 452 g/mol. The fourth-order valence-electron chi connectivity index (χ4n) is 3.05. The molecule has 0 unspecified atom stereocenters. The summed E-state index contributed by atoms with van der Waals surface area (Å²) in [5.74, 6) is 0.167. The van der Waals surface area contributed by atoms with Crippen molar-refractivity contribution in [2.45, 2.75) is 24.2 Å². The number of benzene rings is 2. The molecule has 1 saturated heterocycles. The molecule has 0 bridgehead atoms. The summed E-state index contributed by atoms with van der Waals surface area (Å²) in [6.07, 6.45) is 1.91. The van der Waals surface area contributed by atoms with Crippen molar-refractivity contribution in [2.24, 2.45) is 0 Å². The van der Waals surface area contributed by atoms with Crippen molar-refractivity contribution in [1.82, 2.24) is 4.31 Å². The summed E-state index contributed by atoms with van der Waals surface area (Å²) in [6.45, 7) is 1.05. The Morgan fingerprint density at radius 3 is 2.59 bits per heavy atom. The van der Waals surface area contributed by atoms with Gasteiger partial charge in [0.25, 0.3) is 0 Å². The number of hydrogen-bond acceptors (Lipinski definition) is 4. The molecule has 2 aromatic rings. The first-order chi connectivity index (χ1) is 12.9. The molecule has 0 aromatic heterocycles. The topological polar surface area (TPSA) is 75.7 Å². The third-order valence-corrected chi connectivity index (χ3v) is 6.79. The Balaban J connectivity index is 1.82. The minimum absolute atomic E-state index is 0.156. The quantitative estimate of drug-likeness (QED) is 0.728. The number of methoxy groups -OCH3 is 1. The van der Waals surface area contributed by atoms with Crippen LogP contribution in [0.3, 0.4) is 0 Å². The molecule has 2 aromatic carbocycles. The fraction of sp³-hybridized carbons (Fsp3) is 0.316. The Hall–Kier alpha value is -1.90. The van der Waals surface area contributed by atoms with Crippen molar-refractivity contribution in [3.8, 4) is 5.75 Å². The summed E-state index contributed by atoms with van der Waals surface area (Å²) in [4.78, 5) is 12.6. The summed E-state index contributed by atoms with van der Waals surface area (Å²) in [5.41, 5.74) is 1.19. The molecular formula is C19H21BrN2O4S. The molecule has 1 heterocycles. The van der Waals surface area contributed by atoms with Crippen LogP contribution in [0.15, 0.2) is 51.8 Å². The Labute approximate surface area is 167 Å². The fourth-order valence-corrected chi connectivity index (χ4v) is 5.04. The van der Waals surface area contributed by atoms with Gasteiger partial charge < -0.3 is 10.1 Å². The smallest absolute Gasteiger partial charge is 0.243 e. The molecule has 1 aliphatic heterocycles. The average Bonchev–Trinajstić information content (AvgIpc) is 3.17. The number of amides is 1. The van der Waals surface area contributed by atoms with Gasteiger partial charge in [-0.2, -0.15) is 4.31 Å². The zero-order valence-corrected chi connectivity index (χ0v) is 17.3. The number of ether oxygens (including phenoxy) is 1. The van der Waals surface area contributed by atoms with Crippen LogP contribution in [0.25, 0.3) is 0 Å². The molecule has 3 rings (SSSR count). The van der Waals surface area contributed by atoms with Gasteiger partial charge in [0.15, 0.2) is 0 Å². The SMILES string of the molecule is COc1ccc(S(=O)(=O)N2CCCC2)cc1NC(=O)Cc1cccc(Br)c1. The van der Waals surface area contributed by atoms with Crippen LogP contribution in [0.2, 0.25) is 0 Å². The third kappa shape index (κ3) is 4.69. The number of nitrogens with one attached hydrogen (secondary N) is 1. The minimum Gasteiger partial charge on any atom is -0.495 e. The molecule has 1 fully saturated rings. The van der Waals surface area contributed by atoms with Gasteiger partial charge in [-0.15, -0.1) is 0 Å². The summed E-state index contributed by atoms with van der Waals surface area (Å²) >= 11 is 3.38. The van der Waals surface area contributed by atoms with Crippen molar-refractivity contribution in [1.29, 1.82) is 0 Å². The van der Waals surface area contributed by atoms with E-state index in [4.69, 9.17) is 4.74 Å². The lowest BCUT2D eigenvalue weighted by Crippen LogP contribution is -2.28. The molecule has 6 nitrogen and oxygen atoms in total. The van der Waals surface area contributed by atoms with Gasteiger partial charge in [-0.05, 0) is 48.7 Å². The van der Waals surface area contributed by atoms with E-state index in [-0.39, 0.29) is 17.2 Å². The summed E-state index contributed by atoms with van der Waals surface area (Å²) in [7, 11) is -2.09. The first-order valence-corrected chi connectivity index (χ1v) is 10.9. The van der Waals surface area contributed by atoms with Crippen molar-refractivity contribution in [3.05, 3.63) is 52.5 Å². The van der Waals surface area contributed by atoms with Gasteiger partial charge in [0.1, 0.15) is 5.75 Å². The van der Waals surface area contributed by atoms with E-state index in [0.29, 0.717) is 24.5 Å². The van der Waals surface area contributed by atoms with Crippen LogP contribution in [0.5, 0.6) is 5.75 Å². The number of carbonyl (C=O) groups is 1. The first-order valence-electron chi connectivity index (χ1n) is 8.62. The standard InChI is InChI=1S/C19H21BrN2O4S/c1-26-18-8-7-16(27(24,25)22-9-2-3-10-22)13-17(18)21-19(23)12-14-5-4-6-15(20)11-14/h4-8,11,13H,2-3,9-10,12H2,1H3,(H,21,23). The van der Waals surface area contributed by atoms with Gasteiger partial charge in [0.05, 0.1) is 24.1 Å². The van der Waals surface area contributed by atoms with Crippen LogP contribution in [-0.2, 0) is 21.2 Å². The second-order valence-corrected chi connectivity index (χ2v) is 9.18. The molecular weight excluding hydrogens is 432 g/mol. The van der Waals surface area contributed by atoms with Crippen LogP contribution in [0.1, 0.15) is 18.4 Å².